The smallest absolute Gasteiger partial charge is 0.124 e. The van der Waals surface area contributed by atoms with Crippen LogP contribution in [0.4, 0.5) is 0 Å². The van der Waals surface area contributed by atoms with E-state index in [1.807, 2.05) is 0 Å². The lowest BCUT2D eigenvalue weighted by Crippen LogP contribution is -2.27. The van der Waals surface area contributed by atoms with Gasteiger partial charge >= 0.3 is 0 Å². The monoisotopic (exact) mass is 219 g/mol. The lowest BCUT2D eigenvalue weighted by Gasteiger charge is -2.32. The van der Waals surface area contributed by atoms with E-state index in [9.17, 15) is 0 Å². The van der Waals surface area contributed by atoms with Gasteiger partial charge in [-0.15, -0.1) is 0 Å². The lowest BCUT2D eigenvalue weighted by molar-refractivity contribution is 0.264. The van der Waals surface area contributed by atoms with Crippen LogP contribution in [0.2, 0.25) is 0 Å². The van der Waals surface area contributed by atoms with E-state index < -0.39 is 0 Å². The Kier molecular flexibility index (Phi) is 3.20. The van der Waals surface area contributed by atoms with E-state index in [4.69, 9.17) is 10.5 Å². The van der Waals surface area contributed by atoms with Crippen LogP contribution in [0, 0.1) is 19.8 Å². The zero-order valence-corrected chi connectivity index (χ0v) is 10.4. The minimum atomic E-state index is 0.206. The molecule has 0 unspecified atom stereocenters. The highest BCUT2D eigenvalue weighted by molar-refractivity contribution is 5.44. The second-order valence-electron chi connectivity index (χ2n) is 4.90. The summed E-state index contributed by atoms with van der Waals surface area (Å²) in [5, 5.41) is 0. The SMILES string of the molecule is COc1c(C)cc([C@H](N)C2CCC2)cc1C. The van der Waals surface area contributed by atoms with Crippen molar-refractivity contribution in [1.82, 2.24) is 0 Å². The number of rotatable bonds is 3. The second kappa shape index (κ2) is 4.46. The number of benzene rings is 1. The normalized spacial score (nSPS) is 18.0. The molecular formula is C14H21NO. The Balaban J connectivity index is 2.28. The molecule has 0 radical (unpaired) electrons. The zero-order chi connectivity index (χ0) is 11.7. The van der Waals surface area contributed by atoms with Crippen LogP contribution in [0.5, 0.6) is 5.75 Å². The molecule has 88 valence electrons. The second-order valence-corrected chi connectivity index (χ2v) is 4.90. The van der Waals surface area contributed by atoms with Crippen molar-refractivity contribution in [2.24, 2.45) is 11.7 Å². The molecule has 1 saturated carbocycles. The van der Waals surface area contributed by atoms with Crippen molar-refractivity contribution in [3.05, 3.63) is 28.8 Å². The van der Waals surface area contributed by atoms with Crippen molar-refractivity contribution in [3.63, 3.8) is 0 Å². The summed E-state index contributed by atoms with van der Waals surface area (Å²) in [6, 6.07) is 4.56. The van der Waals surface area contributed by atoms with Crippen LogP contribution in [-0.2, 0) is 0 Å². The molecule has 0 aromatic heterocycles. The first kappa shape index (κ1) is 11.5. The maximum Gasteiger partial charge on any atom is 0.124 e. The van der Waals surface area contributed by atoms with Crippen LogP contribution >= 0.6 is 0 Å². The van der Waals surface area contributed by atoms with Gasteiger partial charge in [0.2, 0.25) is 0 Å². The maximum atomic E-state index is 6.29. The molecule has 0 bridgehead atoms. The summed E-state index contributed by atoms with van der Waals surface area (Å²) in [4.78, 5) is 0. The Labute approximate surface area is 97.8 Å². The van der Waals surface area contributed by atoms with Crippen molar-refractivity contribution < 1.29 is 4.74 Å². The third-order valence-electron chi connectivity index (χ3n) is 3.73. The van der Waals surface area contributed by atoms with Crippen LogP contribution in [0.15, 0.2) is 12.1 Å². The van der Waals surface area contributed by atoms with Gasteiger partial charge in [0.1, 0.15) is 5.75 Å². The topological polar surface area (TPSA) is 35.2 Å². The summed E-state index contributed by atoms with van der Waals surface area (Å²) in [6.07, 6.45) is 3.91. The quantitative estimate of drug-likeness (QED) is 0.847. The standard InChI is InChI=1S/C14H21NO/c1-9-7-12(8-10(2)14(9)16-3)13(15)11-5-4-6-11/h7-8,11,13H,4-6,15H2,1-3H3/t13-/m1/s1. The van der Waals surface area contributed by atoms with Crippen LogP contribution in [0.3, 0.4) is 0 Å². The molecule has 1 aliphatic rings. The molecule has 1 aromatic rings. The molecule has 1 aromatic carbocycles. The molecule has 2 rings (SSSR count). The van der Waals surface area contributed by atoms with Crippen LogP contribution in [0.1, 0.15) is 42.0 Å². The Morgan fingerprint density at radius 2 is 1.81 bits per heavy atom. The summed E-state index contributed by atoms with van der Waals surface area (Å²) >= 11 is 0. The molecule has 0 saturated heterocycles. The van der Waals surface area contributed by atoms with Crippen molar-refractivity contribution in [3.8, 4) is 5.75 Å². The molecule has 1 atom stereocenters. The molecule has 2 heteroatoms. The van der Waals surface area contributed by atoms with Crippen molar-refractivity contribution >= 4 is 0 Å². The summed E-state index contributed by atoms with van der Waals surface area (Å²) in [5.41, 5.74) is 9.93. The summed E-state index contributed by atoms with van der Waals surface area (Å²) in [5.74, 6) is 1.68. The van der Waals surface area contributed by atoms with Gasteiger partial charge in [-0.2, -0.15) is 0 Å². The zero-order valence-electron chi connectivity index (χ0n) is 10.4. The van der Waals surface area contributed by atoms with Gasteiger partial charge in [-0.05, 0) is 49.3 Å². The lowest BCUT2D eigenvalue weighted by atomic mass is 9.77. The van der Waals surface area contributed by atoms with E-state index in [2.05, 4.69) is 26.0 Å². The minimum Gasteiger partial charge on any atom is -0.496 e. The summed E-state index contributed by atoms with van der Waals surface area (Å²) < 4.78 is 5.37. The molecular weight excluding hydrogens is 198 g/mol. The Bertz CT molecular complexity index is 359. The van der Waals surface area contributed by atoms with E-state index >= 15 is 0 Å². The van der Waals surface area contributed by atoms with E-state index in [0.717, 1.165) is 5.75 Å². The number of aryl methyl sites for hydroxylation is 2. The molecule has 1 fully saturated rings. The van der Waals surface area contributed by atoms with Crippen molar-refractivity contribution in [2.75, 3.05) is 7.11 Å². The maximum absolute atomic E-state index is 6.29. The third kappa shape index (κ3) is 1.94. The largest absolute Gasteiger partial charge is 0.496 e. The van der Waals surface area contributed by atoms with E-state index in [1.54, 1.807) is 7.11 Å². The fourth-order valence-electron chi connectivity index (χ4n) is 2.57. The Morgan fingerprint density at radius 1 is 1.25 bits per heavy atom. The van der Waals surface area contributed by atoms with Crippen LogP contribution in [-0.4, -0.2) is 7.11 Å². The number of hydrogen-bond acceptors (Lipinski definition) is 2. The molecule has 0 amide bonds. The first-order valence-electron chi connectivity index (χ1n) is 6.04. The van der Waals surface area contributed by atoms with Gasteiger partial charge in [-0.25, -0.2) is 0 Å². The van der Waals surface area contributed by atoms with Crippen molar-refractivity contribution in [2.45, 2.75) is 39.2 Å². The first-order valence-corrected chi connectivity index (χ1v) is 6.04. The van der Waals surface area contributed by atoms with E-state index in [-0.39, 0.29) is 6.04 Å². The molecule has 2 N–H and O–H groups in total. The third-order valence-corrected chi connectivity index (χ3v) is 3.73. The molecule has 0 heterocycles. The Hall–Kier alpha value is -1.02. The number of ether oxygens (including phenoxy) is 1. The van der Waals surface area contributed by atoms with Gasteiger partial charge in [-0.3, -0.25) is 0 Å². The Morgan fingerprint density at radius 3 is 2.19 bits per heavy atom. The van der Waals surface area contributed by atoms with Crippen LogP contribution in [0.25, 0.3) is 0 Å². The van der Waals surface area contributed by atoms with Gasteiger partial charge in [0.05, 0.1) is 7.11 Å². The van der Waals surface area contributed by atoms with E-state index in [0.29, 0.717) is 5.92 Å². The average molecular weight is 219 g/mol. The molecule has 2 nitrogen and oxygen atoms in total. The van der Waals surface area contributed by atoms with Crippen LogP contribution < -0.4 is 10.5 Å². The first-order chi connectivity index (χ1) is 7.63. The highest BCUT2D eigenvalue weighted by Gasteiger charge is 2.26. The fourth-order valence-corrected chi connectivity index (χ4v) is 2.57. The van der Waals surface area contributed by atoms with Gasteiger partial charge in [0.25, 0.3) is 0 Å². The predicted octanol–water partition coefficient (Wildman–Crippen LogP) is 3.11. The predicted molar refractivity (Wildman–Crippen MR) is 66.7 cm³/mol. The fraction of sp³-hybridized carbons (Fsp3) is 0.571. The van der Waals surface area contributed by atoms with E-state index in [1.165, 1.54) is 36.0 Å². The average Bonchev–Trinajstić information content (AvgIpc) is 2.14. The number of nitrogens with two attached hydrogens (primary N) is 1. The number of methoxy groups -OCH3 is 1. The highest BCUT2D eigenvalue weighted by Crippen LogP contribution is 2.37. The van der Waals surface area contributed by atoms with Crippen molar-refractivity contribution in [1.29, 1.82) is 0 Å². The van der Waals surface area contributed by atoms with Gasteiger partial charge in [0, 0.05) is 6.04 Å². The molecule has 1 aliphatic carbocycles. The molecule has 0 aliphatic heterocycles. The summed E-state index contributed by atoms with van der Waals surface area (Å²) in [6.45, 7) is 4.17. The number of hydrogen-bond donors (Lipinski definition) is 1. The minimum absolute atomic E-state index is 0.206. The highest BCUT2D eigenvalue weighted by atomic mass is 16.5. The van der Waals surface area contributed by atoms with Gasteiger partial charge < -0.3 is 10.5 Å². The molecule has 0 spiro atoms. The van der Waals surface area contributed by atoms with Gasteiger partial charge in [0.15, 0.2) is 0 Å². The summed E-state index contributed by atoms with van der Waals surface area (Å²) in [7, 11) is 1.72. The van der Waals surface area contributed by atoms with Gasteiger partial charge in [-0.1, -0.05) is 18.6 Å². The molecule has 16 heavy (non-hydrogen) atoms.